The van der Waals surface area contributed by atoms with E-state index in [2.05, 4.69) is 5.32 Å². The van der Waals surface area contributed by atoms with Gasteiger partial charge >= 0.3 is 0 Å². The van der Waals surface area contributed by atoms with Crippen molar-refractivity contribution in [2.75, 3.05) is 24.2 Å². The summed E-state index contributed by atoms with van der Waals surface area (Å²) in [7, 11) is -1.94. The van der Waals surface area contributed by atoms with E-state index in [4.69, 9.17) is 4.74 Å². The number of hydrogen-bond acceptors (Lipinski definition) is 4. The van der Waals surface area contributed by atoms with Crippen molar-refractivity contribution < 1.29 is 17.9 Å². The fourth-order valence-corrected chi connectivity index (χ4v) is 4.08. The quantitative estimate of drug-likeness (QED) is 0.636. The third-order valence-electron chi connectivity index (χ3n) is 4.73. The van der Waals surface area contributed by atoms with Gasteiger partial charge in [-0.15, -0.1) is 0 Å². The first-order valence-electron chi connectivity index (χ1n) is 9.72. The molecule has 1 atom stereocenters. The van der Waals surface area contributed by atoms with Crippen LogP contribution in [-0.2, 0) is 14.8 Å². The number of benzene rings is 2. The minimum Gasteiger partial charge on any atom is -0.497 e. The van der Waals surface area contributed by atoms with Crippen molar-refractivity contribution >= 4 is 21.6 Å². The summed E-state index contributed by atoms with van der Waals surface area (Å²) in [6.45, 7) is 4.28. The van der Waals surface area contributed by atoms with Gasteiger partial charge in [0.05, 0.1) is 25.1 Å². The molecule has 2 rings (SSSR count). The fourth-order valence-electron chi connectivity index (χ4n) is 3.12. The number of methoxy groups -OCH3 is 1. The molecular formula is C22H30N2O4S. The second kappa shape index (κ2) is 10.3. The summed E-state index contributed by atoms with van der Waals surface area (Å²) >= 11 is 0. The maximum atomic E-state index is 12.4. The number of anilines is 1. The van der Waals surface area contributed by atoms with E-state index in [1.165, 1.54) is 17.0 Å². The van der Waals surface area contributed by atoms with Crippen LogP contribution in [0, 0.1) is 6.92 Å². The average molecular weight is 419 g/mol. The molecule has 0 aliphatic carbocycles. The first-order valence-corrected chi connectivity index (χ1v) is 11.6. The van der Waals surface area contributed by atoms with Crippen molar-refractivity contribution in [2.24, 2.45) is 0 Å². The van der Waals surface area contributed by atoms with Crippen LogP contribution in [0.2, 0.25) is 0 Å². The van der Waals surface area contributed by atoms with Crippen LogP contribution in [0.4, 0.5) is 5.69 Å². The zero-order valence-corrected chi connectivity index (χ0v) is 18.3. The van der Waals surface area contributed by atoms with Crippen molar-refractivity contribution in [3.05, 3.63) is 59.7 Å². The normalized spacial score (nSPS) is 12.3. The van der Waals surface area contributed by atoms with E-state index in [0.717, 1.165) is 18.2 Å². The topological polar surface area (TPSA) is 75.7 Å². The second-order valence-electron chi connectivity index (χ2n) is 7.08. The Morgan fingerprint density at radius 3 is 2.45 bits per heavy atom. The first-order chi connectivity index (χ1) is 13.7. The maximum Gasteiger partial charge on any atom is 0.232 e. The van der Waals surface area contributed by atoms with Crippen molar-refractivity contribution in [1.82, 2.24) is 5.32 Å². The number of rotatable bonds is 10. The highest BCUT2D eigenvalue weighted by Crippen LogP contribution is 2.23. The van der Waals surface area contributed by atoms with Crippen molar-refractivity contribution in [3.63, 3.8) is 0 Å². The molecule has 29 heavy (non-hydrogen) atoms. The van der Waals surface area contributed by atoms with Gasteiger partial charge in [-0.05, 0) is 37.5 Å². The van der Waals surface area contributed by atoms with Gasteiger partial charge in [0.25, 0.3) is 0 Å². The molecule has 1 amide bonds. The standard InChI is InChI=1S/C22H30N2O4S/c1-5-21(18-13-11-17(2)12-14-18)23-22(25)10-7-15-24(29(4,26)27)19-8-6-9-20(16-19)28-3/h6,8-9,11-14,16,21H,5,7,10,15H2,1-4H3,(H,23,25)/t21-/m0/s1. The van der Waals surface area contributed by atoms with Crippen LogP contribution >= 0.6 is 0 Å². The number of hydrogen-bond donors (Lipinski definition) is 1. The Hall–Kier alpha value is -2.54. The van der Waals surface area contributed by atoms with Gasteiger partial charge in [0.2, 0.25) is 15.9 Å². The zero-order valence-electron chi connectivity index (χ0n) is 17.5. The Morgan fingerprint density at radius 2 is 1.86 bits per heavy atom. The Bertz CT molecular complexity index is 911. The number of ether oxygens (including phenoxy) is 1. The smallest absolute Gasteiger partial charge is 0.232 e. The fraction of sp³-hybridized carbons (Fsp3) is 0.409. The van der Waals surface area contributed by atoms with E-state index in [-0.39, 0.29) is 24.9 Å². The molecule has 2 aromatic rings. The molecular weight excluding hydrogens is 388 g/mol. The first kappa shape index (κ1) is 22.7. The maximum absolute atomic E-state index is 12.4. The summed E-state index contributed by atoms with van der Waals surface area (Å²) in [4.78, 5) is 12.4. The van der Waals surface area contributed by atoms with Crippen LogP contribution < -0.4 is 14.4 Å². The Morgan fingerprint density at radius 1 is 1.17 bits per heavy atom. The molecule has 0 heterocycles. The molecule has 0 radical (unpaired) electrons. The van der Waals surface area contributed by atoms with Gasteiger partial charge in [-0.25, -0.2) is 8.42 Å². The summed E-state index contributed by atoms with van der Waals surface area (Å²) in [5, 5.41) is 3.05. The largest absolute Gasteiger partial charge is 0.497 e. The Kier molecular flexibility index (Phi) is 8.08. The summed E-state index contributed by atoms with van der Waals surface area (Å²) in [5.41, 5.74) is 2.77. The average Bonchev–Trinajstić information content (AvgIpc) is 2.69. The lowest BCUT2D eigenvalue weighted by Gasteiger charge is -2.23. The highest BCUT2D eigenvalue weighted by Gasteiger charge is 2.19. The van der Waals surface area contributed by atoms with Crippen molar-refractivity contribution in [1.29, 1.82) is 0 Å². The molecule has 0 fully saturated rings. The lowest BCUT2D eigenvalue weighted by molar-refractivity contribution is -0.121. The number of nitrogens with one attached hydrogen (secondary N) is 1. The van der Waals surface area contributed by atoms with E-state index in [1.807, 2.05) is 38.1 Å². The van der Waals surface area contributed by atoms with Crippen molar-refractivity contribution in [2.45, 2.75) is 39.2 Å². The zero-order chi connectivity index (χ0) is 21.4. The Labute approximate surface area is 173 Å². The van der Waals surface area contributed by atoms with E-state index in [1.54, 1.807) is 24.3 Å². The molecule has 6 nitrogen and oxygen atoms in total. The third-order valence-corrected chi connectivity index (χ3v) is 5.92. The molecule has 0 spiro atoms. The molecule has 7 heteroatoms. The molecule has 0 aromatic heterocycles. The van der Waals surface area contributed by atoms with E-state index >= 15 is 0 Å². The van der Waals surface area contributed by atoms with Gasteiger partial charge in [-0.1, -0.05) is 42.8 Å². The van der Waals surface area contributed by atoms with Crippen LogP contribution in [0.15, 0.2) is 48.5 Å². The SMILES string of the molecule is CC[C@H](NC(=O)CCCN(c1cccc(OC)c1)S(C)(=O)=O)c1ccc(C)cc1. The summed E-state index contributed by atoms with van der Waals surface area (Å²) in [6, 6.07) is 15.0. The third kappa shape index (κ3) is 6.78. The molecule has 0 unspecified atom stereocenters. The predicted octanol–water partition coefficient (Wildman–Crippen LogP) is 3.82. The second-order valence-corrected chi connectivity index (χ2v) is 8.99. The van der Waals surface area contributed by atoms with Gasteiger partial charge in [0, 0.05) is 19.0 Å². The Balaban J connectivity index is 1.97. The summed E-state index contributed by atoms with van der Waals surface area (Å²) in [6.07, 6.45) is 2.62. The van der Waals surface area contributed by atoms with Gasteiger partial charge < -0.3 is 10.1 Å². The van der Waals surface area contributed by atoms with Gasteiger partial charge in [0.1, 0.15) is 5.75 Å². The van der Waals surface area contributed by atoms with E-state index in [9.17, 15) is 13.2 Å². The summed E-state index contributed by atoms with van der Waals surface area (Å²) in [5.74, 6) is 0.495. The molecule has 1 N–H and O–H groups in total. The number of carbonyl (C=O) groups excluding carboxylic acids is 1. The van der Waals surface area contributed by atoms with Crippen LogP contribution in [0.1, 0.15) is 43.4 Å². The predicted molar refractivity (Wildman–Crippen MR) is 117 cm³/mol. The molecule has 0 saturated heterocycles. The number of sulfonamides is 1. The number of nitrogens with zero attached hydrogens (tertiary/aromatic N) is 1. The molecule has 0 aliphatic rings. The van der Waals surface area contributed by atoms with E-state index < -0.39 is 10.0 Å². The van der Waals surface area contributed by atoms with Crippen molar-refractivity contribution in [3.8, 4) is 5.75 Å². The van der Waals surface area contributed by atoms with Gasteiger partial charge in [-0.2, -0.15) is 0 Å². The number of amides is 1. The molecule has 0 bridgehead atoms. The molecule has 158 valence electrons. The monoisotopic (exact) mass is 418 g/mol. The number of aryl methyl sites for hydroxylation is 1. The number of carbonyl (C=O) groups is 1. The van der Waals surface area contributed by atoms with Gasteiger partial charge in [0.15, 0.2) is 0 Å². The molecule has 0 aliphatic heterocycles. The molecule has 0 saturated carbocycles. The van der Waals surface area contributed by atoms with E-state index in [0.29, 0.717) is 17.9 Å². The molecule has 2 aromatic carbocycles. The highest BCUT2D eigenvalue weighted by molar-refractivity contribution is 7.92. The van der Waals surface area contributed by atoms with Crippen LogP contribution in [0.25, 0.3) is 0 Å². The lowest BCUT2D eigenvalue weighted by atomic mass is 10.0. The highest BCUT2D eigenvalue weighted by atomic mass is 32.2. The minimum absolute atomic E-state index is 0.0486. The lowest BCUT2D eigenvalue weighted by Crippen LogP contribution is -2.33. The van der Waals surface area contributed by atoms with Crippen LogP contribution in [0.3, 0.4) is 0 Å². The van der Waals surface area contributed by atoms with Gasteiger partial charge in [-0.3, -0.25) is 9.10 Å². The minimum atomic E-state index is -3.47. The van der Waals surface area contributed by atoms with Crippen LogP contribution in [0.5, 0.6) is 5.75 Å². The van der Waals surface area contributed by atoms with Crippen LogP contribution in [-0.4, -0.2) is 34.2 Å². The summed E-state index contributed by atoms with van der Waals surface area (Å²) < 4.78 is 30.9.